The minimum atomic E-state index is -2.91. The van der Waals surface area contributed by atoms with Crippen LogP contribution in [0.25, 0.3) is 10.9 Å². The third-order valence-corrected chi connectivity index (χ3v) is 6.01. The average Bonchev–Trinajstić information content (AvgIpc) is 2.85. The van der Waals surface area contributed by atoms with E-state index >= 15 is 0 Å². The van der Waals surface area contributed by atoms with Gasteiger partial charge in [0, 0.05) is 29.9 Å². The molecule has 2 aromatic rings. The summed E-state index contributed by atoms with van der Waals surface area (Å²) in [6, 6.07) is 7.80. The molecule has 0 N–H and O–H groups in total. The third kappa shape index (κ3) is 2.75. The van der Waals surface area contributed by atoms with Crippen molar-refractivity contribution in [3.8, 4) is 5.75 Å². The van der Waals surface area contributed by atoms with Crippen molar-refractivity contribution in [2.75, 3.05) is 30.6 Å². The van der Waals surface area contributed by atoms with Crippen LogP contribution in [0.5, 0.6) is 5.75 Å². The summed E-state index contributed by atoms with van der Waals surface area (Å²) in [5.74, 6) is 1.26. The Morgan fingerprint density at radius 1 is 1.32 bits per heavy atom. The number of rotatable bonds is 3. The summed E-state index contributed by atoms with van der Waals surface area (Å²) in [6.45, 7) is 1.95. The molecule has 0 aliphatic carbocycles. The molecule has 1 saturated heterocycles. The Balaban J connectivity index is 2.08. The molecule has 1 aliphatic heterocycles. The van der Waals surface area contributed by atoms with Gasteiger partial charge in [-0.2, -0.15) is 0 Å². The maximum Gasteiger partial charge on any atom is 0.152 e. The van der Waals surface area contributed by atoms with Crippen molar-refractivity contribution >= 4 is 26.4 Å². The molecule has 0 spiro atoms. The molecule has 118 valence electrons. The van der Waals surface area contributed by atoms with Crippen molar-refractivity contribution in [1.29, 1.82) is 0 Å². The lowest BCUT2D eigenvalue weighted by Gasteiger charge is -2.27. The topological polar surface area (TPSA) is 59.5 Å². The third-order valence-electron chi connectivity index (χ3n) is 4.26. The van der Waals surface area contributed by atoms with Crippen LogP contribution < -0.4 is 9.64 Å². The second-order valence-electron chi connectivity index (χ2n) is 5.83. The Kier molecular flexibility index (Phi) is 3.72. The van der Waals surface area contributed by atoms with Crippen LogP contribution in [0.15, 0.2) is 24.3 Å². The summed E-state index contributed by atoms with van der Waals surface area (Å²) < 4.78 is 28.8. The zero-order chi connectivity index (χ0) is 15.9. The highest BCUT2D eigenvalue weighted by Gasteiger charge is 2.31. The lowest BCUT2D eigenvalue weighted by atomic mass is 10.1. The molecule has 2 heterocycles. The van der Waals surface area contributed by atoms with E-state index in [-0.39, 0.29) is 17.5 Å². The van der Waals surface area contributed by atoms with Gasteiger partial charge in [0.05, 0.1) is 24.1 Å². The predicted molar refractivity (Wildman–Crippen MR) is 88.5 cm³/mol. The molecule has 1 aromatic carbocycles. The molecule has 1 unspecified atom stereocenters. The number of fused-ring (bicyclic) bond motifs is 1. The van der Waals surface area contributed by atoms with Gasteiger partial charge >= 0.3 is 0 Å². The second-order valence-corrected chi connectivity index (χ2v) is 8.06. The van der Waals surface area contributed by atoms with E-state index in [0.29, 0.717) is 6.42 Å². The first-order valence-corrected chi connectivity index (χ1v) is 9.10. The molecule has 5 nitrogen and oxygen atoms in total. The van der Waals surface area contributed by atoms with Gasteiger partial charge in [-0.05, 0) is 37.6 Å². The molecule has 1 aliphatic rings. The maximum absolute atomic E-state index is 11.7. The number of aromatic nitrogens is 1. The molecule has 1 aromatic heterocycles. The number of hydrogen-bond acceptors (Lipinski definition) is 5. The highest BCUT2D eigenvalue weighted by atomic mass is 32.2. The average molecular weight is 320 g/mol. The van der Waals surface area contributed by atoms with Crippen molar-refractivity contribution < 1.29 is 13.2 Å². The van der Waals surface area contributed by atoms with E-state index in [1.807, 2.05) is 38.2 Å². The fraction of sp³-hybridized carbons (Fsp3) is 0.438. The van der Waals surface area contributed by atoms with Crippen molar-refractivity contribution in [2.24, 2.45) is 0 Å². The van der Waals surface area contributed by atoms with Crippen LogP contribution in [0.2, 0.25) is 0 Å². The van der Waals surface area contributed by atoms with Gasteiger partial charge in [-0.15, -0.1) is 0 Å². The standard InChI is InChI=1S/C16H20N2O3S/c1-11-8-16(18(2)12-6-7-22(19,20)10-12)14-9-13(21-3)4-5-15(14)17-11/h4-5,8-9,12H,6-7,10H2,1-3H3. The summed E-state index contributed by atoms with van der Waals surface area (Å²) in [7, 11) is 0.685. The zero-order valence-corrected chi connectivity index (χ0v) is 13.9. The second kappa shape index (κ2) is 5.43. The molecule has 0 saturated carbocycles. The molecule has 1 fully saturated rings. The van der Waals surface area contributed by atoms with Gasteiger partial charge in [0.25, 0.3) is 0 Å². The van der Waals surface area contributed by atoms with Gasteiger partial charge < -0.3 is 9.64 Å². The SMILES string of the molecule is COc1ccc2nc(C)cc(N(C)C3CCS(=O)(=O)C3)c2c1. The van der Waals surface area contributed by atoms with E-state index in [2.05, 4.69) is 9.88 Å². The Morgan fingerprint density at radius 2 is 2.09 bits per heavy atom. The van der Waals surface area contributed by atoms with Crippen LogP contribution in [0.1, 0.15) is 12.1 Å². The first-order chi connectivity index (χ1) is 10.4. The van der Waals surface area contributed by atoms with Gasteiger partial charge in [-0.25, -0.2) is 8.42 Å². The minimum Gasteiger partial charge on any atom is -0.497 e. The van der Waals surface area contributed by atoms with Gasteiger partial charge in [-0.3, -0.25) is 4.98 Å². The molecular weight excluding hydrogens is 300 g/mol. The van der Waals surface area contributed by atoms with Crippen LogP contribution in [0, 0.1) is 6.92 Å². The monoisotopic (exact) mass is 320 g/mol. The summed E-state index contributed by atoms with van der Waals surface area (Å²) >= 11 is 0. The Hall–Kier alpha value is -1.82. The normalized spacial score (nSPS) is 20.2. The quantitative estimate of drug-likeness (QED) is 0.867. The van der Waals surface area contributed by atoms with E-state index in [1.165, 1.54) is 0 Å². The predicted octanol–water partition coefficient (Wildman–Crippen LogP) is 2.18. The fourth-order valence-corrected chi connectivity index (χ4v) is 4.79. The molecular formula is C16H20N2O3S. The van der Waals surface area contributed by atoms with Crippen molar-refractivity contribution in [3.05, 3.63) is 30.0 Å². The highest BCUT2D eigenvalue weighted by molar-refractivity contribution is 7.91. The molecule has 6 heteroatoms. The van der Waals surface area contributed by atoms with Crippen LogP contribution in [-0.4, -0.2) is 45.1 Å². The molecule has 0 bridgehead atoms. The van der Waals surface area contributed by atoms with E-state index in [9.17, 15) is 8.42 Å². The number of sulfone groups is 1. The lowest BCUT2D eigenvalue weighted by molar-refractivity contribution is 0.415. The van der Waals surface area contributed by atoms with Gasteiger partial charge in [0.15, 0.2) is 9.84 Å². The van der Waals surface area contributed by atoms with Crippen LogP contribution >= 0.6 is 0 Å². The van der Waals surface area contributed by atoms with E-state index in [0.717, 1.165) is 28.0 Å². The molecule has 3 rings (SSSR count). The summed E-state index contributed by atoms with van der Waals surface area (Å²) in [5, 5.41) is 0.983. The van der Waals surface area contributed by atoms with Gasteiger partial charge in [0.1, 0.15) is 5.75 Å². The summed E-state index contributed by atoms with van der Waals surface area (Å²) in [6.07, 6.45) is 0.672. The fourth-order valence-electron chi connectivity index (χ4n) is 3.01. The smallest absolute Gasteiger partial charge is 0.152 e. The van der Waals surface area contributed by atoms with Gasteiger partial charge in [0.2, 0.25) is 0 Å². The number of nitrogens with zero attached hydrogens (tertiary/aromatic N) is 2. The van der Waals surface area contributed by atoms with E-state index < -0.39 is 9.84 Å². The van der Waals surface area contributed by atoms with Crippen LogP contribution in [-0.2, 0) is 9.84 Å². The first-order valence-electron chi connectivity index (χ1n) is 7.28. The lowest BCUT2D eigenvalue weighted by Crippen LogP contribution is -2.32. The Bertz CT molecular complexity index is 817. The number of pyridine rings is 1. The van der Waals surface area contributed by atoms with E-state index in [1.54, 1.807) is 7.11 Å². The Morgan fingerprint density at radius 3 is 2.73 bits per heavy atom. The molecule has 22 heavy (non-hydrogen) atoms. The molecule has 0 amide bonds. The Labute approximate surface area is 130 Å². The molecule has 1 atom stereocenters. The van der Waals surface area contributed by atoms with Gasteiger partial charge in [-0.1, -0.05) is 0 Å². The largest absolute Gasteiger partial charge is 0.497 e. The highest BCUT2D eigenvalue weighted by Crippen LogP contribution is 2.32. The number of anilines is 1. The summed E-state index contributed by atoms with van der Waals surface area (Å²) in [4.78, 5) is 6.62. The van der Waals surface area contributed by atoms with Crippen molar-refractivity contribution in [2.45, 2.75) is 19.4 Å². The number of methoxy groups -OCH3 is 1. The zero-order valence-electron chi connectivity index (χ0n) is 13.0. The van der Waals surface area contributed by atoms with E-state index in [4.69, 9.17) is 4.74 Å². The number of aryl methyl sites for hydroxylation is 1. The number of hydrogen-bond donors (Lipinski definition) is 0. The van der Waals surface area contributed by atoms with Crippen molar-refractivity contribution in [3.63, 3.8) is 0 Å². The van der Waals surface area contributed by atoms with Crippen LogP contribution in [0.4, 0.5) is 5.69 Å². The maximum atomic E-state index is 11.7. The summed E-state index contributed by atoms with van der Waals surface area (Å²) in [5.41, 5.74) is 2.81. The van der Waals surface area contributed by atoms with Crippen molar-refractivity contribution in [1.82, 2.24) is 4.98 Å². The minimum absolute atomic E-state index is 0.0150. The molecule has 0 radical (unpaired) electrons. The first kappa shape index (κ1) is 15.1. The number of benzene rings is 1. The number of ether oxygens (including phenoxy) is 1. The van der Waals surface area contributed by atoms with Crippen LogP contribution in [0.3, 0.4) is 0 Å².